The SMILES string of the molecule is C[C@@H](O)[C@H](NC(=O)OC(C)(C)C)C(=O)O.C[C@@H](O)[C@H](NC(=O)OC(C)(C)C)C(=O)OCC(=O)c1ccccc1.O=C(CBr)c1ccccc1.[2HH].[2H][2H]. The molecule has 15 heteroatoms. The van der Waals surface area contributed by atoms with Gasteiger partial charge in [0.05, 0.1) is 17.5 Å². The summed E-state index contributed by atoms with van der Waals surface area (Å²) in [5, 5.41) is 32.1. The average molecular weight is 763 g/mol. The number of carboxylic acids is 1. The normalized spacial score (nSPS) is 13.4. The molecule has 5 N–H and O–H groups in total. The number of carboxylic acid groups (broad SMARTS) is 1. The van der Waals surface area contributed by atoms with Crippen LogP contribution in [0.4, 0.5) is 9.59 Å². The van der Waals surface area contributed by atoms with Crippen LogP contribution >= 0.6 is 15.9 Å². The molecule has 0 saturated carbocycles. The molecule has 0 aliphatic heterocycles. The number of esters is 1. The third-order valence-corrected chi connectivity index (χ3v) is 6.00. The Bertz CT molecular complexity index is 1370. The smallest absolute Gasteiger partial charge is 0.408 e. The number of alkyl halides is 1. The lowest BCUT2D eigenvalue weighted by atomic mass is 10.1. The van der Waals surface area contributed by atoms with Gasteiger partial charge in [-0.2, -0.15) is 0 Å². The van der Waals surface area contributed by atoms with Gasteiger partial charge in [0, 0.05) is 15.5 Å². The molecule has 0 aromatic heterocycles. The Morgan fingerprint density at radius 1 is 0.714 bits per heavy atom. The van der Waals surface area contributed by atoms with Crippen molar-refractivity contribution >= 4 is 51.6 Å². The van der Waals surface area contributed by atoms with Crippen molar-refractivity contribution in [2.75, 3.05) is 11.9 Å². The minimum absolute atomic E-state index is 0. The van der Waals surface area contributed by atoms with Crippen molar-refractivity contribution in [3.05, 3.63) is 71.8 Å². The Balaban J connectivity index is -0.000000732. The van der Waals surface area contributed by atoms with Crippen LogP contribution in [0.5, 0.6) is 0 Å². The molecule has 49 heavy (non-hydrogen) atoms. The average Bonchev–Trinajstić information content (AvgIpc) is 3.04. The largest absolute Gasteiger partial charge is 0.480 e. The summed E-state index contributed by atoms with van der Waals surface area (Å²) in [5.74, 6) is -2.48. The predicted octanol–water partition coefficient (Wildman–Crippen LogP) is 4.79. The molecule has 0 saturated heterocycles. The van der Waals surface area contributed by atoms with Gasteiger partial charge in [0.1, 0.15) is 11.2 Å². The van der Waals surface area contributed by atoms with Crippen LogP contribution in [0.15, 0.2) is 60.7 Å². The summed E-state index contributed by atoms with van der Waals surface area (Å²) in [6.07, 6.45) is -4.12. The zero-order valence-electron chi connectivity index (χ0n) is 30.9. The summed E-state index contributed by atoms with van der Waals surface area (Å²) in [5.41, 5.74) is -0.287. The number of carbonyl (C=O) groups excluding carboxylic acids is 5. The number of aliphatic hydroxyl groups is 2. The van der Waals surface area contributed by atoms with Gasteiger partial charge in [-0.05, 0) is 55.4 Å². The monoisotopic (exact) mass is 761 g/mol. The number of ketones is 2. The molecule has 2 aromatic rings. The van der Waals surface area contributed by atoms with Gasteiger partial charge >= 0.3 is 24.1 Å². The standard InChI is InChI=1S/C17H23NO6.C9H17NO5.C8H7BrO.2H2/c1-11(19)14(18-16(22)24-17(2,3)4)15(21)23-10-13(20)12-8-6-5-7-9-12;1-5(11)6(7(12)13)10-8(14)15-9(2,3)4;9-6-8(10)7-4-2-1-3-5-7;;/h5-9,11,14,19H,10H2,1-4H3,(H,18,22);5-6,11H,1-4H3,(H,10,14)(H,12,13);1-5H,6H2;2*1H/t11-,14+;5-,6+;;;/m11.../s1/i;;;1+1D;1+1. The van der Waals surface area contributed by atoms with Crippen LogP contribution in [0.2, 0.25) is 0 Å². The zero-order chi connectivity index (χ0) is 39.9. The summed E-state index contributed by atoms with van der Waals surface area (Å²) in [7, 11) is 0. The minimum Gasteiger partial charge on any atom is -0.480 e. The molecule has 2 rings (SSSR count). The first-order valence-electron chi connectivity index (χ1n) is 16.0. The van der Waals surface area contributed by atoms with Crippen molar-refractivity contribution in [3.8, 4) is 0 Å². The lowest BCUT2D eigenvalue weighted by Gasteiger charge is -2.24. The molecule has 14 nitrogen and oxygen atoms in total. The van der Waals surface area contributed by atoms with Crippen molar-refractivity contribution < 1.29 is 62.7 Å². The number of alkyl carbamates (subject to hydrolysis) is 2. The van der Waals surface area contributed by atoms with Crippen LogP contribution in [0, 0.1) is 0 Å². The maximum absolute atomic E-state index is 12.0. The van der Waals surface area contributed by atoms with Crippen molar-refractivity contribution in [2.45, 2.75) is 90.9 Å². The van der Waals surface area contributed by atoms with Crippen molar-refractivity contribution in [3.63, 3.8) is 0 Å². The van der Waals surface area contributed by atoms with Gasteiger partial charge in [0.2, 0.25) is 0 Å². The zero-order valence-corrected chi connectivity index (χ0v) is 30.5. The molecule has 0 spiro atoms. The second kappa shape index (κ2) is 21.6. The molecule has 2 aromatic carbocycles. The molecule has 0 bridgehead atoms. The molecule has 0 fully saturated rings. The molecule has 0 aliphatic carbocycles. The van der Waals surface area contributed by atoms with Gasteiger partial charge in [-0.15, -0.1) is 0 Å². The number of aliphatic hydroxyl groups excluding tert-OH is 2. The van der Waals surface area contributed by atoms with Gasteiger partial charge < -0.3 is 40.2 Å². The Morgan fingerprint density at radius 3 is 1.41 bits per heavy atom. The molecule has 0 unspecified atom stereocenters. The first-order chi connectivity index (χ1) is 23.6. The van der Waals surface area contributed by atoms with Crippen molar-refractivity contribution in [1.82, 2.24) is 10.6 Å². The molecule has 0 radical (unpaired) electrons. The number of ether oxygens (including phenoxy) is 3. The highest BCUT2D eigenvalue weighted by Crippen LogP contribution is 2.09. The van der Waals surface area contributed by atoms with E-state index in [-0.39, 0.29) is 13.0 Å². The van der Waals surface area contributed by atoms with E-state index in [1.54, 1.807) is 71.9 Å². The molecule has 0 aliphatic rings. The highest BCUT2D eigenvalue weighted by molar-refractivity contribution is 9.09. The number of aliphatic carboxylic acids is 1. The van der Waals surface area contributed by atoms with Crippen LogP contribution in [-0.4, -0.2) is 98.4 Å². The molecule has 276 valence electrons. The van der Waals surface area contributed by atoms with E-state index in [1.807, 2.05) is 30.3 Å². The molecule has 0 heterocycles. The van der Waals surface area contributed by atoms with Crippen LogP contribution < -0.4 is 10.6 Å². The number of halogens is 1. The van der Waals surface area contributed by atoms with Gasteiger partial charge in [0.15, 0.2) is 30.3 Å². The molecule has 2 amide bonds. The van der Waals surface area contributed by atoms with Gasteiger partial charge in [-0.3, -0.25) is 9.59 Å². The topological polar surface area (TPSA) is 215 Å². The van der Waals surface area contributed by atoms with E-state index in [0.29, 0.717) is 10.9 Å². The van der Waals surface area contributed by atoms with Gasteiger partial charge in [-0.1, -0.05) is 76.6 Å². The number of benzene rings is 2. The second-order valence-corrected chi connectivity index (χ2v) is 12.9. The van der Waals surface area contributed by atoms with Crippen molar-refractivity contribution in [2.24, 2.45) is 0 Å². The van der Waals surface area contributed by atoms with E-state index in [0.717, 1.165) is 5.56 Å². The summed E-state index contributed by atoms with van der Waals surface area (Å²) in [6.45, 7) is 12.1. The Kier molecular flexibility index (Phi) is 18.8. The first kappa shape index (κ1) is 42.7. The van der Waals surface area contributed by atoms with Gasteiger partial charge in [-0.25, -0.2) is 19.2 Å². The van der Waals surface area contributed by atoms with E-state index in [4.69, 9.17) is 27.4 Å². The molecular weight excluding hydrogens is 708 g/mol. The second-order valence-electron chi connectivity index (χ2n) is 12.4. The third kappa shape index (κ3) is 20.6. The summed E-state index contributed by atoms with van der Waals surface area (Å²) in [6, 6.07) is 14.9. The fraction of sp³-hybridized carbons (Fsp3) is 0.471. The highest BCUT2D eigenvalue weighted by Gasteiger charge is 2.30. The summed E-state index contributed by atoms with van der Waals surface area (Å²) in [4.78, 5) is 68.4. The van der Waals surface area contributed by atoms with E-state index < -0.39 is 66.2 Å². The van der Waals surface area contributed by atoms with Crippen LogP contribution in [-0.2, 0) is 23.8 Å². The minimum atomic E-state index is -1.36. The predicted molar refractivity (Wildman–Crippen MR) is 188 cm³/mol. The Labute approximate surface area is 299 Å². The first-order valence-corrected chi connectivity index (χ1v) is 16.2. The Hall–Kier alpha value is -4.34. The number of carbonyl (C=O) groups is 6. The lowest BCUT2D eigenvalue weighted by Crippen LogP contribution is -2.50. The quantitative estimate of drug-likeness (QED) is 0.0905. The number of Topliss-reactive ketones (excluding diaryl/α,β-unsaturated/α-hetero) is 2. The van der Waals surface area contributed by atoms with E-state index >= 15 is 0 Å². The highest BCUT2D eigenvalue weighted by atomic mass is 79.9. The lowest BCUT2D eigenvalue weighted by molar-refractivity contribution is -0.147. The van der Waals surface area contributed by atoms with Gasteiger partial charge in [0.25, 0.3) is 0 Å². The summed E-state index contributed by atoms with van der Waals surface area (Å²) < 4.78 is 24.8. The maximum atomic E-state index is 12.0. The Morgan fingerprint density at radius 2 is 1.08 bits per heavy atom. The number of amides is 2. The van der Waals surface area contributed by atoms with E-state index in [1.165, 1.54) is 13.8 Å². The van der Waals surface area contributed by atoms with E-state index in [9.17, 15) is 33.9 Å². The molecule has 4 atom stereocenters. The third-order valence-electron chi connectivity index (χ3n) is 5.49. The number of nitrogens with one attached hydrogen (secondary N) is 2. The van der Waals surface area contributed by atoms with E-state index in [2.05, 4.69) is 26.6 Å². The fourth-order valence-corrected chi connectivity index (χ4v) is 3.59. The number of hydrogen-bond acceptors (Lipinski definition) is 11. The van der Waals surface area contributed by atoms with Crippen molar-refractivity contribution in [1.29, 1.82) is 0 Å². The van der Waals surface area contributed by atoms with Crippen LogP contribution in [0.25, 0.3) is 0 Å². The molecular formula is C34H51BrN2O12. The number of hydrogen-bond donors (Lipinski definition) is 5. The van der Waals surface area contributed by atoms with Crippen LogP contribution in [0.1, 0.15) is 80.5 Å². The fourth-order valence-electron chi connectivity index (χ4n) is 3.27. The maximum Gasteiger partial charge on any atom is 0.408 e. The number of rotatable bonds is 11. The summed E-state index contributed by atoms with van der Waals surface area (Å²) >= 11 is 3.10. The van der Waals surface area contributed by atoms with Crippen LogP contribution in [0.3, 0.4) is 0 Å².